The Morgan fingerprint density at radius 3 is 3.05 bits per heavy atom. The first-order chi connectivity index (χ1) is 9.79. The lowest BCUT2D eigenvalue weighted by atomic mass is 10.1. The van der Waals surface area contributed by atoms with E-state index in [0.29, 0.717) is 12.6 Å². The molecule has 1 saturated carbocycles. The molecule has 0 radical (unpaired) electrons. The number of urea groups is 1. The van der Waals surface area contributed by atoms with Crippen LogP contribution in [0.15, 0.2) is 24.3 Å². The molecule has 0 bridgehead atoms. The molecule has 4 nitrogen and oxygen atoms in total. The number of nitrogens with one attached hydrogen (secondary N) is 1. The summed E-state index contributed by atoms with van der Waals surface area (Å²) >= 11 is 0. The Hall–Kier alpha value is -1.71. The average molecular weight is 274 g/mol. The summed E-state index contributed by atoms with van der Waals surface area (Å²) in [4.78, 5) is 14.5. The van der Waals surface area contributed by atoms with Crippen LogP contribution in [0.5, 0.6) is 5.75 Å². The molecule has 1 heterocycles. The molecule has 2 amide bonds. The van der Waals surface area contributed by atoms with Crippen LogP contribution in [-0.4, -0.2) is 30.1 Å². The van der Waals surface area contributed by atoms with Crippen LogP contribution in [0.1, 0.15) is 32.6 Å². The molecule has 4 heteroatoms. The number of para-hydroxylation sites is 2. The second kappa shape index (κ2) is 5.73. The Morgan fingerprint density at radius 2 is 2.20 bits per heavy atom. The van der Waals surface area contributed by atoms with Gasteiger partial charge in [0.1, 0.15) is 5.75 Å². The maximum absolute atomic E-state index is 12.5. The molecule has 2 atom stereocenters. The van der Waals surface area contributed by atoms with Crippen LogP contribution < -0.4 is 10.1 Å². The molecule has 1 aromatic carbocycles. The van der Waals surface area contributed by atoms with Crippen LogP contribution >= 0.6 is 0 Å². The minimum atomic E-state index is 0.0200. The number of rotatable bonds is 3. The molecule has 0 spiro atoms. The van der Waals surface area contributed by atoms with E-state index in [-0.39, 0.29) is 6.03 Å². The van der Waals surface area contributed by atoms with Crippen LogP contribution in [0.25, 0.3) is 0 Å². The van der Waals surface area contributed by atoms with Crippen LogP contribution in [0, 0.1) is 5.92 Å². The summed E-state index contributed by atoms with van der Waals surface area (Å²) in [5, 5.41) is 3.01. The summed E-state index contributed by atoms with van der Waals surface area (Å²) in [6.07, 6.45) is 4.86. The van der Waals surface area contributed by atoms with Crippen molar-refractivity contribution in [2.24, 2.45) is 5.92 Å². The molecule has 2 unspecified atom stereocenters. The molecular weight excluding hydrogens is 252 g/mol. The highest BCUT2D eigenvalue weighted by molar-refractivity contribution is 5.91. The van der Waals surface area contributed by atoms with E-state index in [0.717, 1.165) is 36.7 Å². The lowest BCUT2D eigenvalue weighted by Crippen LogP contribution is -2.39. The van der Waals surface area contributed by atoms with E-state index in [4.69, 9.17) is 4.74 Å². The van der Waals surface area contributed by atoms with Gasteiger partial charge in [-0.05, 0) is 44.2 Å². The number of ether oxygens (including phenoxy) is 1. The van der Waals surface area contributed by atoms with Crippen molar-refractivity contribution < 1.29 is 9.53 Å². The lowest BCUT2D eigenvalue weighted by Gasteiger charge is -2.24. The number of benzene rings is 1. The van der Waals surface area contributed by atoms with Crippen LogP contribution in [0.4, 0.5) is 10.5 Å². The summed E-state index contributed by atoms with van der Waals surface area (Å²) in [7, 11) is 0. The fraction of sp³-hybridized carbons (Fsp3) is 0.562. The van der Waals surface area contributed by atoms with Crippen molar-refractivity contribution in [1.82, 2.24) is 4.90 Å². The van der Waals surface area contributed by atoms with Gasteiger partial charge in [0.05, 0.1) is 12.3 Å². The third kappa shape index (κ3) is 2.47. The molecule has 1 saturated heterocycles. The summed E-state index contributed by atoms with van der Waals surface area (Å²) in [5.41, 5.74) is 0.765. The van der Waals surface area contributed by atoms with E-state index in [1.165, 1.54) is 12.8 Å². The summed E-state index contributed by atoms with van der Waals surface area (Å²) in [6.45, 7) is 3.43. The van der Waals surface area contributed by atoms with Crippen LogP contribution in [0.3, 0.4) is 0 Å². The van der Waals surface area contributed by atoms with Gasteiger partial charge in [-0.15, -0.1) is 0 Å². The first-order valence-electron chi connectivity index (χ1n) is 7.59. The summed E-state index contributed by atoms with van der Waals surface area (Å²) in [6, 6.07) is 8.09. The number of carbonyl (C=O) groups excluding carboxylic acids is 1. The van der Waals surface area contributed by atoms with E-state index in [2.05, 4.69) is 5.32 Å². The van der Waals surface area contributed by atoms with Gasteiger partial charge in [0.25, 0.3) is 0 Å². The monoisotopic (exact) mass is 274 g/mol. The minimum absolute atomic E-state index is 0.0200. The van der Waals surface area contributed by atoms with Crippen LogP contribution in [0.2, 0.25) is 0 Å². The van der Waals surface area contributed by atoms with Crippen molar-refractivity contribution in [3.63, 3.8) is 0 Å². The zero-order valence-electron chi connectivity index (χ0n) is 12.0. The highest BCUT2D eigenvalue weighted by atomic mass is 16.5. The van der Waals surface area contributed by atoms with Gasteiger partial charge in [-0.3, -0.25) is 0 Å². The van der Waals surface area contributed by atoms with Gasteiger partial charge in [-0.2, -0.15) is 0 Å². The van der Waals surface area contributed by atoms with Gasteiger partial charge in [-0.1, -0.05) is 18.6 Å². The molecule has 20 heavy (non-hydrogen) atoms. The summed E-state index contributed by atoms with van der Waals surface area (Å²) < 4.78 is 5.55. The molecule has 3 rings (SSSR count). The number of anilines is 1. The maximum Gasteiger partial charge on any atom is 0.322 e. The Labute approximate surface area is 120 Å². The van der Waals surface area contributed by atoms with Crippen molar-refractivity contribution in [2.45, 2.75) is 38.6 Å². The van der Waals surface area contributed by atoms with Crippen molar-refractivity contribution in [1.29, 1.82) is 0 Å². The second-order valence-electron chi connectivity index (χ2n) is 5.60. The zero-order valence-corrected chi connectivity index (χ0v) is 12.0. The molecule has 1 aliphatic heterocycles. The van der Waals surface area contributed by atoms with Gasteiger partial charge in [0.15, 0.2) is 0 Å². The SMILES string of the molecule is CCOc1ccccc1NC(=O)N1CCC2CCCC21. The molecule has 1 N–H and O–H groups in total. The van der Waals surface area contributed by atoms with Crippen molar-refractivity contribution in [3.05, 3.63) is 24.3 Å². The number of hydrogen-bond acceptors (Lipinski definition) is 2. The topological polar surface area (TPSA) is 41.6 Å². The molecule has 2 fully saturated rings. The Morgan fingerprint density at radius 1 is 1.35 bits per heavy atom. The Balaban J connectivity index is 1.70. The van der Waals surface area contributed by atoms with E-state index >= 15 is 0 Å². The first-order valence-corrected chi connectivity index (χ1v) is 7.59. The number of nitrogens with zero attached hydrogens (tertiary/aromatic N) is 1. The maximum atomic E-state index is 12.5. The fourth-order valence-electron chi connectivity index (χ4n) is 3.53. The highest BCUT2D eigenvalue weighted by Crippen LogP contribution is 2.38. The number of carbonyl (C=O) groups is 1. The minimum Gasteiger partial charge on any atom is -0.492 e. The highest BCUT2D eigenvalue weighted by Gasteiger charge is 2.39. The Bertz CT molecular complexity index is 489. The van der Waals surface area contributed by atoms with Crippen molar-refractivity contribution in [3.8, 4) is 5.75 Å². The van der Waals surface area contributed by atoms with Gasteiger partial charge in [0, 0.05) is 12.6 Å². The molecular formula is C16H22N2O2. The Kier molecular flexibility index (Phi) is 3.81. The predicted molar refractivity (Wildman–Crippen MR) is 79.1 cm³/mol. The van der Waals surface area contributed by atoms with E-state index in [1.807, 2.05) is 36.1 Å². The fourth-order valence-corrected chi connectivity index (χ4v) is 3.53. The average Bonchev–Trinajstić information content (AvgIpc) is 3.03. The second-order valence-corrected chi connectivity index (χ2v) is 5.60. The quantitative estimate of drug-likeness (QED) is 0.916. The first kappa shape index (κ1) is 13.3. The third-order valence-electron chi connectivity index (χ3n) is 4.45. The normalized spacial score (nSPS) is 24.6. The number of amides is 2. The lowest BCUT2D eigenvalue weighted by molar-refractivity contribution is 0.203. The molecule has 1 aromatic rings. The molecule has 108 valence electrons. The number of hydrogen-bond donors (Lipinski definition) is 1. The van der Waals surface area contributed by atoms with Crippen LogP contribution in [-0.2, 0) is 0 Å². The van der Waals surface area contributed by atoms with Gasteiger partial charge in [-0.25, -0.2) is 4.79 Å². The van der Waals surface area contributed by atoms with Gasteiger partial charge < -0.3 is 15.0 Å². The molecule has 2 aliphatic rings. The zero-order chi connectivity index (χ0) is 13.9. The molecule has 0 aromatic heterocycles. The molecule has 1 aliphatic carbocycles. The van der Waals surface area contributed by atoms with E-state index < -0.39 is 0 Å². The van der Waals surface area contributed by atoms with Gasteiger partial charge >= 0.3 is 6.03 Å². The number of fused-ring (bicyclic) bond motifs is 1. The largest absolute Gasteiger partial charge is 0.492 e. The van der Waals surface area contributed by atoms with Crippen molar-refractivity contribution >= 4 is 11.7 Å². The standard InChI is InChI=1S/C16H22N2O2/c1-2-20-15-9-4-3-7-13(15)17-16(19)18-11-10-12-6-5-8-14(12)18/h3-4,7,9,12,14H,2,5-6,8,10-11H2,1H3,(H,17,19). The smallest absolute Gasteiger partial charge is 0.322 e. The number of likely N-dealkylation sites (tertiary alicyclic amines) is 1. The predicted octanol–water partition coefficient (Wildman–Crippen LogP) is 3.49. The van der Waals surface area contributed by atoms with E-state index in [9.17, 15) is 4.79 Å². The van der Waals surface area contributed by atoms with Gasteiger partial charge in [0.2, 0.25) is 0 Å². The summed E-state index contributed by atoms with van der Waals surface area (Å²) in [5.74, 6) is 1.47. The van der Waals surface area contributed by atoms with E-state index in [1.54, 1.807) is 0 Å². The third-order valence-corrected chi connectivity index (χ3v) is 4.45. The van der Waals surface area contributed by atoms with Crippen molar-refractivity contribution in [2.75, 3.05) is 18.5 Å².